The van der Waals surface area contributed by atoms with Gasteiger partial charge < -0.3 is 9.13 Å². The van der Waals surface area contributed by atoms with Crippen LogP contribution in [0.3, 0.4) is 0 Å². The monoisotopic (exact) mass is 810 g/mol. The topological polar surface area (TPSA) is 9.86 Å². The van der Waals surface area contributed by atoms with Crippen molar-refractivity contribution >= 4 is 65.2 Å². The molecule has 1 aliphatic carbocycles. The van der Waals surface area contributed by atoms with Crippen molar-refractivity contribution in [2.45, 2.75) is 0 Å². The molecule has 0 N–H and O–H groups in total. The van der Waals surface area contributed by atoms with E-state index in [0.717, 1.165) is 11.4 Å². The van der Waals surface area contributed by atoms with E-state index in [9.17, 15) is 0 Å². The zero-order chi connectivity index (χ0) is 41.9. The van der Waals surface area contributed by atoms with Crippen LogP contribution in [0.2, 0.25) is 0 Å². The highest BCUT2D eigenvalue weighted by Gasteiger charge is 2.24. The molecule has 2 heteroatoms. The van der Waals surface area contributed by atoms with Gasteiger partial charge in [-0.2, -0.15) is 0 Å². The minimum atomic E-state index is 1.16. The van der Waals surface area contributed by atoms with Gasteiger partial charge in [0, 0.05) is 38.2 Å². The fourth-order valence-corrected chi connectivity index (χ4v) is 11.0. The average Bonchev–Trinajstić information content (AvgIpc) is 4.00. The number of hydrogen-bond acceptors (Lipinski definition) is 0. The first kappa shape index (κ1) is 35.2. The molecular weight excluding hydrogens is 773 g/mol. The molecule has 64 heavy (non-hydrogen) atoms. The highest BCUT2D eigenvalue weighted by atomic mass is 15.0. The van der Waals surface area contributed by atoms with Crippen LogP contribution in [0, 0.1) is 0 Å². The van der Waals surface area contributed by atoms with E-state index in [0.29, 0.717) is 0 Å². The number of nitrogens with zero attached hydrogens (tertiary/aromatic N) is 2. The fourth-order valence-electron chi connectivity index (χ4n) is 11.0. The van der Waals surface area contributed by atoms with Gasteiger partial charge >= 0.3 is 0 Å². The van der Waals surface area contributed by atoms with Crippen LogP contribution in [-0.4, -0.2) is 9.13 Å². The summed E-state index contributed by atoms with van der Waals surface area (Å²) < 4.78 is 4.95. The van der Waals surface area contributed by atoms with E-state index < -0.39 is 0 Å². The average molecular weight is 811 g/mol. The van der Waals surface area contributed by atoms with Gasteiger partial charge in [0.25, 0.3) is 0 Å². The molecule has 296 valence electrons. The van der Waals surface area contributed by atoms with Crippen molar-refractivity contribution in [2.75, 3.05) is 0 Å². The molecule has 0 spiro atoms. The van der Waals surface area contributed by atoms with Gasteiger partial charge in [0.05, 0.1) is 27.8 Å². The minimum absolute atomic E-state index is 1.16. The van der Waals surface area contributed by atoms with Crippen molar-refractivity contribution in [1.29, 1.82) is 0 Å². The third kappa shape index (κ3) is 5.02. The van der Waals surface area contributed by atoms with Gasteiger partial charge in [-0.1, -0.05) is 188 Å². The molecule has 0 fully saturated rings. The van der Waals surface area contributed by atoms with E-state index >= 15 is 0 Å². The maximum atomic E-state index is 2.49. The number of fused-ring (bicyclic) bond motifs is 11. The minimum Gasteiger partial charge on any atom is -0.309 e. The number of aromatic nitrogens is 2. The molecule has 2 aromatic heterocycles. The van der Waals surface area contributed by atoms with Crippen molar-refractivity contribution in [2.24, 2.45) is 0 Å². The van der Waals surface area contributed by atoms with Crippen molar-refractivity contribution in [3.05, 3.63) is 231 Å². The molecule has 0 aliphatic heterocycles. The van der Waals surface area contributed by atoms with E-state index in [1.54, 1.807) is 0 Å². The van der Waals surface area contributed by atoms with Crippen molar-refractivity contribution in [3.8, 4) is 67.0 Å². The standard InChI is InChI=1S/C62H38N2/c1-2-17-44(18-3-1)63-59-37-41(30-34-52(59)55-35-28-39-14-4-5-20-46(39)62(55)63)42-29-33-51-50-23-9-11-27-58(50)64(60(51)38-42)57-26-10-8-22-49(57)47-21-7-6-19-45(47)43-31-32-48-53-24-12-15-40-16-13-25-54(61(40)53)56(48)36-43/h1-38H. The molecule has 2 nitrogen and oxygen atoms in total. The van der Waals surface area contributed by atoms with Crippen LogP contribution in [0.1, 0.15) is 0 Å². The lowest BCUT2D eigenvalue weighted by molar-refractivity contribution is 1.18. The summed E-state index contributed by atoms with van der Waals surface area (Å²) in [4.78, 5) is 0. The molecule has 13 aromatic rings. The fraction of sp³-hybridized carbons (Fsp3) is 0. The normalized spacial score (nSPS) is 12.1. The maximum Gasteiger partial charge on any atom is 0.0619 e. The second-order valence-corrected chi connectivity index (χ2v) is 17.2. The van der Waals surface area contributed by atoms with Crippen LogP contribution in [-0.2, 0) is 0 Å². The first-order chi connectivity index (χ1) is 31.8. The Morgan fingerprint density at radius 1 is 0.250 bits per heavy atom. The summed E-state index contributed by atoms with van der Waals surface area (Å²) >= 11 is 0. The van der Waals surface area contributed by atoms with Gasteiger partial charge in [0.15, 0.2) is 0 Å². The molecule has 2 heterocycles. The zero-order valence-corrected chi connectivity index (χ0v) is 34.8. The van der Waals surface area contributed by atoms with Gasteiger partial charge in [-0.3, -0.25) is 0 Å². The largest absolute Gasteiger partial charge is 0.309 e. The summed E-state index contributed by atoms with van der Waals surface area (Å²) in [6.07, 6.45) is 0. The summed E-state index contributed by atoms with van der Waals surface area (Å²) in [5.74, 6) is 0. The number of hydrogen-bond donors (Lipinski definition) is 0. The Balaban J connectivity index is 0.958. The second kappa shape index (κ2) is 13.5. The second-order valence-electron chi connectivity index (χ2n) is 17.2. The predicted molar refractivity (Wildman–Crippen MR) is 271 cm³/mol. The highest BCUT2D eigenvalue weighted by molar-refractivity contribution is 6.20. The molecule has 0 bridgehead atoms. The summed E-state index contributed by atoms with van der Waals surface area (Å²) in [6.45, 7) is 0. The van der Waals surface area contributed by atoms with Gasteiger partial charge in [-0.05, 0) is 109 Å². The van der Waals surface area contributed by atoms with E-state index in [1.807, 2.05) is 0 Å². The van der Waals surface area contributed by atoms with Crippen LogP contribution in [0.5, 0.6) is 0 Å². The lowest BCUT2D eigenvalue weighted by atomic mass is 9.91. The van der Waals surface area contributed by atoms with Crippen LogP contribution in [0.4, 0.5) is 0 Å². The Morgan fingerprint density at radius 3 is 1.61 bits per heavy atom. The summed E-state index contributed by atoms with van der Waals surface area (Å²) in [5, 5.41) is 10.1. The van der Waals surface area contributed by atoms with Gasteiger partial charge in [-0.15, -0.1) is 0 Å². The summed E-state index contributed by atoms with van der Waals surface area (Å²) in [5.41, 5.74) is 19.6. The Labute approximate surface area is 370 Å². The molecule has 0 saturated heterocycles. The van der Waals surface area contributed by atoms with E-state index in [2.05, 4.69) is 240 Å². The third-order valence-electron chi connectivity index (χ3n) is 13.9. The van der Waals surface area contributed by atoms with E-state index in [4.69, 9.17) is 0 Å². The molecule has 14 rings (SSSR count). The first-order valence-electron chi connectivity index (χ1n) is 22.2. The lowest BCUT2D eigenvalue weighted by Gasteiger charge is -2.18. The van der Waals surface area contributed by atoms with Crippen LogP contribution < -0.4 is 0 Å². The molecule has 0 amide bonds. The van der Waals surface area contributed by atoms with Crippen molar-refractivity contribution < 1.29 is 0 Å². The van der Waals surface area contributed by atoms with Crippen LogP contribution >= 0.6 is 0 Å². The van der Waals surface area contributed by atoms with Crippen LogP contribution in [0.25, 0.3) is 132 Å². The molecule has 11 aromatic carbocycles. The summed E-state index contributed by atoms with van der Waals surface area (Å²) in [6, 6.07) is 85.3. The Bertz CT molecular complexity index is 4060. The van der Waals surface area contributed by atoms with Crippen molar-refractivity contribution in [1.82, 2.24) is 9.13 Å². The maximum absolute atomic E-state index is 2.49. The Kier molecular flexibility index (Phi) is 7.43. The van der Waals surface area contributed by atoms with Gasteiger partial charge in [-0.25, -0.2) is 0 Å². The Hall–Kier alpha value is -8.46. The summed E-state index contributed by atoms with van der Waals surface area (Å²) in [7, 11) is 0. The molecule has 0 saturated carbocycles. The predicted octanol–water partition coefficient (Wildman–Crippen LogP) is 16.8. The molecule has 0 atom stereocenters. The number of rotatable bonds is 5. The number of benzene rings is 11. The van der Waals surface area contributed by atoms with Crippen molar-refractivity contribution in [3.63, 3.8) is 0 Å². The molecule has 1 aliphatic rings. The van der Waals surface area contributed by atoms with Crippen LogP contribution in [0.15, 0.2) is 231 Å². The van der Waals surface area contributed by atoms with E-state index in [-0.39, 0.29) is 0 Å². The molecule has 0 unspecified atom stereocenters. The quantitative estimate of drug-likeness (QED) is 0.164. The van der Waals surface area contributed by atoms with Gasteiger partial charge in [0.2, 0.25) is 0 Å². The molecular formula is C62H38N2. The SMILES string of the molecule is c1ccc(-n2c3cc(-c4ccc5c6ccccc6n(-c6ccccc6-c6ccccc6-c6ccc7c(c6)-c6cccc8cccc-7c68)c5c4)ccc3c3ccc4ccccc4c32)cc1. The third-order valence-corrected chi connectivity index (χ3v) is 13.9. The van der Waals surface area contributed by atoms with E-state index in [1.165, 1.54) is 121 Å². The smallest absolute Gasteiger partial charge is 0.0619 e. The first-order valence-corrected chi connectivity index (χ1v) is 22.2. The zero-order valence-electron chi connectivity index (χ0n) is 34.8. The lowest BCUT2D eigenvalue weighted by Crippen LogP contribution is -1.98. The Morgan fingerprint density at radius 2 is 0.797 bits per heavy atom. The van der Waals surface area contributed by atoms with Gasteiger partial charge in [0.1, 0.15) is 0 Å². The molecule has 0 radical (unpaired) electrons. The highest BCUT2D eigenvalue weighted by Crippen LogP contribution is 2.49. The number of para-hydroxylation sites is 3.